The van der Waals surface area contributed by atoms with E-state index in [9.17, 15) is 18.4 Å². The molecule has 1 aromatic heterocycles. The zero-order valence-electron chi connectivity index (χ0n) is 15.0. The van der Waals surface area contributed by atoms with E-state index in [4.69, 9.17) is 5.73 Å². The van der Waals surface area contributed by atoms with Gasteiger partial charge >= 0.3 is 0 Å². The Hall–Kier alpha value is -3.87. The first-order valence-corrected chi connectivity index (χ1v) is 8.77. The number of carbonyl (C=O) groups is 2. The summed E-state index contributed by atoms with van der Waals surface area (Å²) in [4.78, 5) is 33.6. The Balaban J connectivity index is 1.86. The summed E-state index contributed by atoms with van der Waals surface area (Å²) >= 11 is 0. The number of ketones is 2. The standard InChI is InChI=1S/C22H15F2N3O2/c23-14-8-13(9-15(24)10-14)21(29)19(20(28)12-4-2-1-3-5-12)22-26-17-7-6-16(25)11-18(17)27-22/h1-11,19H,25H2,(H,26,27). The van der Waals surface area contributed by atoms with Gasteiger partial charge in [-0.25, -0.2) is 13.8 Å². The minimum Gasteiger partial charge on any atom is -0.399 e. The number of hydrogen-bond donors (Lipinski definition) is 2. The van der Waals surface area contributed by atoms with Gasteiger partial charge in [0.25, 0.3) is 0 Å². The summed E-state index contributed by atoms with van der Waals surface area (Å²) in [5.41, 5.74) is 7.35. The SMILES string of the molecule is Nc1ccc2nc(C(C(=O)c3ccccc3)C(=O)c3cc(F)cc(F)c3)[nH]c2c1. The summed E-state index contributed by atoms with van der Waals surface area (Å²) in [6.45, 7) is 0. The first kappa shape index (κ1) is 18.5. The lowest BCUT2D eigenvalue weighted by molar-refractivity contribution is 0.0855. The molecule has 0 fully saturated rings. The zero-order chi connectivity index (χ0) is 20.5. The lowest BCUT2D eigenvalue weighted by Crippen LogP contribution is -2.24. The van der Waals surface area contributed by atoms with Crippen LogP contribution in [0.1, 0.15) is 32.5 Å². The van der Waals surface area contributed by atoms with Gasteiger partial charge in [-0.05, 0) is 30.3 Å². The Morgan fingerprint density at radius 1 is 0.862 bits per heavy atom. The number of nitrogen functional groups attached to an aromatic ring is 1. The van der Waals surface area contributed by atoms with Crippen molar-refractivity contribution in [3.8, 4) is 0 Å². The number of Topliss-reactive ketones (excluding diaryl/α,β-unsaturated/α-hetero) is 2. The van der Waals surface area contributed by atoms with Gasteiger partial charge in [0.2, 0.25) is 0 Å². The number of nitrogens with zero attached hydrogens (tertiary/aromatic N) is 1. The highest BCUT2D eigenvalue weighted by molar-refractivity contribution is 6.19. The summed E-state index contributed by atoms with van der Waals surface area (Å²) in [5.74, 6) is -4.42. The van der Waals surface area contributed by atoms with Crippen LogP contribution < -0.4 is 5.73 Å². The van der Waals surface area contributed by atoms with Crippen molar-refractivity contribution in [2.45, 2.75) is 5.92 Å². The van der Waals surface area contributed by atoms with Crippen LogP contribution in [0.15, 0.2) is 66.7 Å². The number of anilines is 1. The molecule has 0 aliphatic carbocycles. The third kappa shape index (κ3) is 3.62. The van der Waals surface area contributed by atoms with E-state index in [-0.39, 0.29) is 17.0 Å². The summed E-state index contributed by atoms with van der Waals surface area (Å²) in [6.07, 6.45) is 0. The fourth-order valence-corrected chi connectivity index (χ4v) is 3.18. The molecule has 29 heavy (non-hydrogen) atoms. The highest BCUT2D eigenvalue weighted by atomic mass is 19.1. The van der Waals surface area contributed by atoms with Crippen LogP contribution in [0.3, 0.4) is 0 Å². The number of rotatable bonds is 5. The van der Waals surface area contributed by atoms with Crippen molar-refractivity contribution < 1.29 is 18.4 Å². The van der Waals surface area contributed by atoms with Gasteiger partial charge in [0.1, 0.15) is 23.4 Å². The van der Waals surface area contributed by atoms with Crippen LogP contribution in [0.4, 0.5) is 14.5 Å². The van der Waals surface area contributed by atoms with E-state index in [0.717, 1.165) is 12.1 Å². The molecule has 0 radical (unpaired) electrons. The first-order chi connectivity index (χ1) is 13.9. The van der Waals surface area contributed by atoms with E-state index in [1.54, 1.807) is 48.5 Å². The number of imidazole rings is 1. The lowest BCUT2D eigenvalue weighted by atomic mass is 9.89. The molecule has 3 aromatic carbocycles. The normalized spacial score (nSPS) is 12.1. The van der Waals surface area contributed by atoms with Crippen molar-refractivity contribution in [3.05, 3.63) is 95.3 Å². The quantitative estimate of drug-likeness (QED) is 0.302. The number of halogens is 2. The third-order valence-corrected chi connectivity index (χ3v) is 4.53. The van der Waals surface area contributed by atoms with Gasteiger partial charge in [0.15, 0.2) is 11.6 Å². The molecule has 0 aliphatic rings. The fraction of sp³-hybridized carbons (Fsp3) is 0.0455. The fourth-order valence-electron chi connectivity index (χ4n) is 3.18. The average Bonchev–Trinajstić information content (AvgIpc) is 3.10. The molecule has 7 heteroatoms. The molecule has 1 heterocycles. The van der Waals surface area contributed by atoms with Crippen LogP contribution in [0.25, 0.3) is 11.0 Å². The second kappa shape index (κ2) is 7.27. The minimum absolute atomic E-state index is 0.0779. The molecule has 0 spiro atoms. The molecule has 0 saturated carbocycles. The monoisotopic (exact) mass is 391 g/mol. The van der Waals surface area contributed by atoms with Crippen molar-refractivity contribution >= 4 is 28.3 Å². The summed E-state index contributed by atoms with van der Waals surface area (Å²) < 4.78 is 27.4. The number of nitrogens with one attached hydrogen (secondary N) is 1. The Morgan fingerprint density at radius 2 is 1.52 bits per heavy atom. The maximum absolute atomic E-state index is 13.7. The molecular weight excluding hydrogens is 376 g/mol. The Bertz CT molecular complexity index is 1220. The van der Waals surface area contributed by atoms with Crippen LogP contribution in [0.2, 0.25) is 0 Å². The van der Waals surface area contributed by atoms with Gasteiger partial charge < -0.3 is 10.7 Å². The molecule has 0 aliphatic heterocycles. The molecule has 3 N–H and O–H groups in total. The predicted octanol–water partition coefficient (Wildman–Crippen LogP) is 4.27. The number of fused-ring (bicyclic) bond motifs is 1. The highest BCUT2D eigenvalue weighted by Gasteiger charge is 2.33. The molecule has 0 saturated heterocycles. The van der Waals surface area contributed by atoms with Crippen molar-refractivity contribution in [3.63, 3.8) is 0 Å². The Kier molecular flexibility index (Phi) is 4.64. The minimum atomic E-state index is -1.40. The smallest absolute Gasteiger partial charge is 0.181 e. The van der Waals surface area contributed by atoms with Crippen molar-refractivity contribution in [2.24, 2.45) is 0 Å². The van der Waals surface area contributed by atoms with Crippen molar-refractivity contribution in [1.82, 2.24) is 9.97 Å². The summed E-state index contributed by atoms with van der Waals surface area (Å²) in [5, 5.41) is 0. The second-order valence-corrected chi connectivity index (χ2v) is 6.58. The van der Waals surface area contributed by atoms with E-state index < -0.39 is 29.1 Å². The average molecular weight is 391 g/mol. The van der Waals surface area contributed by atoms with E-state index in [1.165, 1.54) is 0 Å². The van der Waals surface area contributed by atoms with Gasteiger partial charge in [-0.3, -0.25) is 9.59 Å². The van der Waals surface area contributed by atoms with E-state index in [1.807, 2.05) is 0 Å². The molecule has 0 amide bonds. The van der Waals surface area contributed by atoms with Gasteiger partial charge in [-0.15, -0.1) is 0 Å². The molecule has 1 atom stereocenters. The number of benzene rings is 3. The number of H-pyrrole nitrogens is 1. The molecule has 1 unspecified atom stereocenters. The summed E-state index contributed by atoms with van der Waals surface area (Å²) in [6, 6.07) is 15.6. The molecule has 144 valence electrons. The molecule has 4 rings (SSSR count). The number of aromatic amines is 1. The second-order valence-electron chi connectivity index (χ2n) is 6.58. The van der Waals surface area contributed by atoms with Crippen LogP contribution in [0, 0.1) is 11.6 Å². The maximum atomic E-state index is 13.7. The van der Waals surface area contributed by atoms with Crippen LogP contribution in [-0.2, 0) is 0 Å². The molecular formula is C22H15F2N3O2. The largest absolute Gasteiger partial charge is 0.399 e. The van der Waals surface area contributed by atoms with Crippen molar-refractivity contribution in [2.75, 3.05) is 5.73 Å². The Morgan fingerprint density at radius 3 is 2.21 bits per heavy atom. The molecule has 0 bridgehead atoms. The third-order valence-electron chi connectivity index (χ3n) is 4.53. The highest BCUT2D eigenvalue weighted by Crippen LogP contribution is 2.27. The van der Waals surface area contributed by atoms with E-state index >= 15 is 0 Å². The van der Waals surface area contributed by atoms with E-state index in [2.05, 4.69) is 9.97 Å². The number of aromatic nitrogens is 2. The maximum Gasteiger partial charge on any atom is 0.181 e. The van der Waals surface area contributed by atoms with Gasteiger partial charge in [0, 0.05) is 22.9 Å². The number of carbonyl (C=O) groups excluding carboxylic acids is 2. The van der Waals surface area contributed by atoms with E-state index in [0.29, 0.717) is 22.8 Å². The van der Waals surface area contributed by atoms with Gasteiger partial charge in [0.05, 0.1) is 11.0 Å². The topological polar surface area (TPSA) is 88.8 Å². The summed E-state index contributed by atoms with van der Waals surface area (Å²) in [7, 11) is 0. The lowest BCUT2D eigenvalue weighted by Gasteiger charge is -2.13. The van der Waals surface area contributed by atoms with Crippen LogP contribution in [0.5, 0.6) is 0 Å². The molecule has 5 nitrogen and oxygen atoms in total. The van der Waals surface area contributed by atoms with Gasteiger partial charge in [-0.2, -0.15) is 0 Å². The first-order valence-electron chi connectivity index (χ1n) is 8.77. The zero-order valence-corrected chi connectivity index (χ0v) is 15.0. The predicted molar refractivity (Wildman–Crippen MR) is 105 cm³/mol. The van der Waals surface area contributed by atoms with Crippen LogP contribution in [-0.4, -0.2) is 21.5 Å². The molecule has 4 aromatic rings. The number of hydrogen-bond acceptors (Lipinski definition) is 4. The Labute approximate surface area is 164 Å². The van der Waals surface area contributed by atoms with Gasteiger partial charge in [-0.1, -0.05) is 30.3 Å². The van der Waals surface area contributed by atoms with Crippen molar-refractivity contribution in [1.29, 1.82) is 0 Å². The number of nitrogens with two attached hydrogens (primary N) is 1. The van der Waals surface area contributed by atoms with Crippen LogP contribution >= 0.6 is 0 Å².